The van der Waals surface area contributed by atoms with E-state index in [0.29, 0.717) is 59.5 Å². The van der Waals surface area contributed by atoms with Crippen LogP contribution in [0.15, 0.2) is 272 Å². The molecule has 4 heterocycles. The van der Waals surface area contributed by atoms with Crippen molar-refractivity contribution in [3.63, 3.8) is 0 Å². The SMILES string of the molecule is CC(C)(C)c1ccc(-c2cccc(-c3ccc(C(C)(C)C)cc3)c2N2c3cc4c(cc3B3c5ccccc5N(c5ccccc5)c5cc(N(c6ccccc6)c6ccccc6)cc2c53)B2C3CCCCC3CC3CC(N(C5CCC(c6ccccc6)CC5)C5CCCCC5c5ccccc5)CC(S4)C23)cc1. The van der Waals surface area contributed by atoms with Crippen LogP contribution in [0.2, 0.25) is 11.6 Å². The van der Waals surface area contributed by atoms with Gasteiger partial charge in [0, 0.05) is 79.2 Å². The molecule has 19 rings (SSSR count). The van der Waals surface area contributed by atoms with E-state index in [4.69, 9.17) is 0 Å². The summed E-state index contributed by atoms with van der Waals surface area (Å²) >= 11 is 2.35. The van der Waals surface area contributed by atoms with Gasteiger partial charge in [0.2, 0.25) is 0 Å². The first kappa shape index (κ1) is 67.8. The molecule has 11 aromatic carbocycles. The summed E-state index contributed by atoms with van der Waals surface area (Å²) in [5.74, 6) is 4.01. The van der Waals surface area contributed by atoms with E-state index >= 15 is 0 Å². The highest BCUT2D eigenvalue weighted by atomic mass is 32.2. The highest BCUT2D eigenvalue weighted by molar-refractivity contribution is 8.00. The van der Waals surface area contributed by atoms with Crippen LogP contribution in [0.4, 0.5) is 51.2 Å². The molecular weight excluding hydrogens is 1300 g/mol. The third-order valence-electron chi connectivity index (χ3n) is 27.1. The lowest BCUT2D eigenvalue weighted by molar-refractivity contribution is -0.00208. The number of nitrogens with zero attached hydrogens (tertiary/aromatic N) is 4. The van der Waals surface area contributed by atoms with Crippen molar-refractivity contribution >= 4 is 98.2 Å². The maximum absolute atomic E-state index is 3.35. The van der Waals surface area contributed by atoms with Crippen molar-refractivity contribution in [2.75, 3.05) is 14.7 Å². The van der Waals surface area contributed by atoms with Crippen molar-refractivity contribution in [3.8, 4) is 22.3 Å². The number of thioether (sulfide) groups is 1. The average molecular weight is 1400 g/mol. The molecule has 8 atom stereocenters. The standard InChI is InChI=1S/C99H102B2N4S/c1-98(2,3)73-53-47-69(48-54-73)82-41-28-42-83(70-49-55-74(56-50-70)99(4,5)6)97(82)105-90-65-93-87(64-86(90)101-85-44-25-27-46-89(85)104(77-38-20-11-21-39-77)91-61-80(62-92(105)96(91)101)102(75-34-16-9-17-35-75)76-36-18-10-19-37-76)100-84-43-24-22-33-71(84)59-72-60-79(63-94(106-93)95(72)100)103(78-57-51-67(52-58-78)66-29-12-7-13-30-66)88-45-26-23-40-81(88)68-31-14-8-15-32-68/h7-21,25,27-32,34-39,41-42,44,46-50,53-56,61-62,64-65,67,71-72,78-79,81,84,88,94-95H,22-24,26,33,40,43,45,51-52,57-60,63H2,1-6H3. The second-order valence-corrected chi connectivity index (χ2v) is 36.3. The predicted octanol–water partition coefficient (Wildman–Crippen LogP) is 24.2. The molecule has 0 spiro atoms. The third kappa shape index (κ3) is 12.1. The van der Waals surface area contributed by atoms with Gasteiger partial charge in [-0.1, -0.05) is 298 Å². The van der Waals surface area contributed by atoms with Crippen LogP contribution in [-0.2, 0) is 10.8 Å². The van der Waals surface area contributed by atoms with E-state index in [9.17, 15) is 0 Å². The molecule has 106 heavy (non-hydrogen) atoms. The Kier molecular flexibility index (Phi) is 17.8. The lowest BCUT2D eigenvalue weighted by Crippen LogP contribution is -2.64. The number of benzene rings is 11. The summed E-state index contributed by atoms with van der Waals surface area (Å²) in [7, 11) is 0. The third-order valence-corrected chi connectivity index (χ3v) is 28.5. The van der Waals surface area contributed by atoms with Gasteiger partial charge in [0.1, 0.15) is 0 Å². The molecule has 0 aromatic heterocycles. The van der Waals surface area contributed by atoms with Crippen LogP contribution < -0.4 is 36.6 Å². The Bertz CT molecular complexity index is 4850. The number of para-hydroxylation sites is 5. The van der Waals surface area contributed by atoms with Crippen LogP contribution in [0, 0.1) is 11.8 Å². The average Bonchev–Trinajstić information content (AvgIpc) is 0.686. The van der Waals surface area contributed by atoms with Gasteiger partial charge in [-0.15, -0.1) is 11.8 Å². The molecule has 8 unspecified atom stereocenters. The van der Waals surface area contributed by atoms with Crippen LogP contribution in [0.3, 0.4) is 0 Å². The van der Waals surface area contributed by atoms with Crippen molar-refractivity contribution in [1.29, 1.82) is 0 Å². The number of anilines is 9. The second-order valence-electron chi connectivity index (χ2n) is 35.0. The van der Waals surface area contributed by atoms with Crippen LogP contribution >= 0.6 is 11.8 Å². The zero-order valence-corrected chi connectivity index (χ0v) is 64.0. The number of rotatable bonds is 12. The summed E-state index contributed by atoms with van der Waals surface area (Å²) in [6.07, 6.45) is 20.0. The monoisotopic (exact) mass is 1400 g/mol. The van der Waals surface area contributed by atoms with Crippen molar-refractivity contribution < 1.29 is 0 Å². The molecule has 0 N–H and O–H groups in total. The highest BCUT2D eigenvalue weighted by Crippen LogP contribution is 2.63. The van der Waals surface area contributed by atoms with E-state index in [1.54, 1.807) is 21.5 Å². The molecule has 0 amide bonds. The van der Waals surface area contributed by atoms with E-state index < -0.39 is 0 Å². The Balaban J connectivity index is 0.856. The minimum Gasteiger partial charge on any atom is -0.311 e. The molecule has 11 aromatic rings. The van der Waals surface area contributed by atoms with Gasteiger partial charge in [-0.3, -0.25) is 4.90 Å². The van der Waals surface area contributed by atoms with E-state index in [1.807, 2.05) is 0 Å². The van der Waals surface area contributed by atoms with Crippen molar-refractivity contribution in [3.05, 3.63) is 289 Å². The molecule has 4 nitrogen and oxygen atoms in total. The largest absolute Gasteiger partial charge is 0.311 e. The molecule has 4 saturated carbocycles. The minimum absolute atomic E-state index is 0.00642. The van der Waals surface area contributed by atoms with Gasteiger partial charge >= 0.3 is 0 Å². The predicted molar refractivity (Wildman–Crippen MR) is 454 cm³/mol. The summed E-state index contributed by atoms with van der Waals surface area (Å²) in [6.45, 7) is 14.5. The minimum atomic E-state index is -0.0555. The highest BCUT2D eigenvalue weighted by Gasteiger charge is 2.58. The van der Waals surface area contributed by atoms with E-state index in [2.05, 4.69) is 340 Å². The number of hydrogen-bond acceptors (Lipinski definition) is 5. The van der Waals surface area contributed by atoms with E-state index in [-0.39, 0.29) is 17.5 Å². The quantitative estimate of drug-likeness (QED) is 0.113. The molecule has 1 saturated heterocycles. The molecule has 8 aliphatic rings. The second kappa shape index (κ2) is 27.8. The smallest absolute Gasteiger partial charge is 0.252 e. The fourth-order valence-electron chi connectivity index (χ4n) is 22.3. The Hall–Kier alpha value is -8.74. The maximum atomic E-state index is 3.35. The van der Waals surface area contributed by atoms with Crippen molar-refractivity contribution in [1.82, 2.24) is 4.90 Å². The number of hydrogen-bond donors (Lipinski definition) is 0. The first-order valence-electron chi connectivity index (χ1n) is 40.8. The zero-order chi connectivity index (χ0) is 71.4. The van der Waals surface area contributed by atoms with Crippen LogP contribution in [0.25, 0.3) is 22.3 Å². The van der Waals surface area contributed by atoms with Crippen LogP contribution in [0.5, 0.6) is 0 Å². The van der Waals surface area contributed by atoms with Gasteiger partial charge in [-0.05, 0) is 209 Å². The molecule has 530 valence electrons. The van der Waals surface area contributed by atoms with Gasteiger partial charge in [0.05, 0.1) is 11.4 Å². The summed E-state index contributed by atoms with van der Waals surface area (Å²) in [4.78, 5) is 12.9. The topological polar surface area (TPSA) is 13.0 Å². The Morgan fingerprint density at radius 1 is 0.406 bits per heavy atom. The molecule has 7 heteroatoms. The fourth-order valence-corrected chi connectivity index (χ4v) is 24.0. The lowest BCUT2D eigenvalue weighted by atomic mass is 9.21. The fraction of sp³-hybridized carbons (Fsp3) is 0.333. The van der Waals surface area contributed by atoms with Crippen molar-refractivity contribution in [2.24, 2.45) is 11.8 Å². The van der Waals surface area contributed by atoms with Gasteiger partial charge in [0.15, 0.2) is 6.71 Å². The van der Waals surface area contributed by atoms with Crippen LogP contribution in [-0.4, -0.2) is 41.7 Å². The zero-order valence-electron chi connectivity index (χ0n) is 63.1. The molecule has 4 aliphatic heterocycles. The first-order chi connectivity index (χ1) is 51.9. The Morgan fingerprint density at radius 3 is 1.59 bits per heavy atom. The molecule has 5 fully saturated rings. The first-order valence-corrected chi connectivity index (χ1v) is 41.6. The maximum Gasteiger partial charge on any atom is 0.252 e. The molecule has 4 aliphatic carbocycles. The summed E-state index contributed by atoms with van der Waals surface area (Å²) in [5, 5.41) is 0.525. The summed E-state index contributed by atoms with van der Waals surface area (Å²) < 4.78 is 0. The lowest BCUT2D eigenvalue weighted by Gasteiger charge is -2.59. The van der Waals surface area contributed by atoms with Gasteiger partial charge in [0.25, 0.3) is 6.71 Å². The van der Waals surface area contributed by atoms with Gasteiger partial charge in [-0.25, -0.2) is 0 Å². The summed E-state index contributed by atoms with van der Waals surface area (Å²) in [5.41, 5.74) is 27.3. The molecule has 0 bridgehead atoms. The normalized spacial score (nSPS) is 23.7. The van der Waals surface area contributed by atoms with E-state index in [1.165, 1.54) is 175 Å². The van der Waals surface area contributed by atoms with Gasteiger partial charge < -0.3 is 14.7 Å². The van der Waals surface area contributed by atoms with Crippen molar-refractivity contribution in [2.45, 2.75) is 200 Å². The van der Waals surface area contributed by atoms with E-state index in [0.717, 1.165) is 28.7 Å². The Morgan fingerprint density at radius 2 is 0.962 bits per heavy atom. The Labute approximate surface area is 637 Å². The molecular formula is C99H102B2N4S. The molecule has 0 radical (unpaired) electrons. The summed E-state index contributed by atoms with van der Waals surface area (Å²) in [6, 6.07) is 106. The number of fused-ring (bicyclic) bond motifs is 8. The van der Waals surface area contributed by atoms with Crippen LogP contribution in [0.1, 0.15) is 172 Å². The van der Waals surface area contributed by atoms with Gasteiger partial charge in [-0.2, -0.15) is 0 Å².